The summed E-state index contributed by atoms with van der Waals surface area (Å²) in [6, 6.07) is 8.19. The summed E-state index contributed by atoms with van der Waals surface area (Å²) in [7, 11) is 2.02. The maximum Gasteiger partial charge on any atom is 0.161 e. The van der Waals surface area contributed by atoms with E-state index in [1.54, 1.807) is 12.4 Å². The lowest BCUT2D eigenvalue weighted by molar-refractivity contribution is 0.968. The van der Waals surface area contributed by atoms with E-state index in [-0.39, 0.29) is 0 Å². The second-order valence-corrected chi connectivity index (χ2v) is 4.01. The van der Waals surface area contributed by atoms with Crippen LogP contribution >= 0.6 is 0 Å². The van der Waals surface area contributed by atoms with Gasteiger partial charge in [0.05, 0.1) is 18.1 Å². The van der Waals surface area contributed by atoms with Crippen LogP contribution in [0, 0.1) is 0 Å². The van der Waals surface area contributed by atoms with E-state index in [1.165, 1.54) is 5.52 Å². The molecule has 0 saturated carbocycles. The van der Waals surface area contributed by atoms with E-state index < -0.39 is 0 Å². The number of aryl methyl sites for hydroxylation is 1. The van der Waals surface area contributed by atoms with Crippen molar-refractivity contribution < 1.29 is 0 Å². The summed E-state index contributed by atoms with van der Waals surface area (Å²) in [4.78, 5) is 8.53. The van der Waals surface area contributed by atoms with Crippen LogP contribution in [0.5, 0.6) is 0 Å². The van der Waals surface area contributed by atoms with Crippen molar-refractivity contribution in [2.45, 2.75) is 0 Å². The first-order valence-electron chi connectivity index (χ1n) is 5.37. The average Bonchev–Trinajstić information content (AvgIpc) is 2.69. The topological polar surface area (TPSA) is 56.7 Å². The minimum absolute atomic E-state index is 0.578. The molecule has 4 nitrogen and oxygen atoms in total. The highest BCUT2D eigenvalue weighted by Crippen LogP contribution is 2.27. The number of nitrogen functional groups attached to an aromatic ring is 1. The van der Waals surface area contributed by atoms with Crippen molar-refractivity contribution in [3.63, 3.8) is 0 Å². The number of benzene rings is 1. The third-order valence-electron chi connectivity index (χ3n) is 2.81. The van der Waals surface area contributed by atoms with Crippen LogP contribution in [0.1, 0.15) is 0 Å². The van der Waals surface area contributed by atoms with Gasteiger partial charge in [0, 0.05) is 29.7 Å². The lowest BCUT2D eigenvalue weighted by Gasteiger charge is -1.97. The van der Waals surface area contributed by atoms with Crippen LogP contribution in [0.2, 0.25) is 0 Å². The molecular weight excluding hydrogens is 212 g/mol. The predicted molar refractivity (Wildman–Crippen MR) is 68.4 cm³/mol. The minimum Gasteiger partial charge on any atom is -0.396 e. The summed E-state index contributed by atoms with van der Waals surface area (Å²) in [6.45, 7) is 0. The molecule has 84 valence electrons. The van der Waals surface area contributed by atoms with E-state index in [0.717, 1.165) is 10.9 Å². The summed E-state index contributed by atoms with van der Waals surface area (Å²) < 4.78 is 2.07. The lowest BCUT2D eigenvalue weighted by atomic mass is 10.1. The second-order valence-electron chi connectivity index (χ2n) is 4.01. The maximum atomic E-state index is 5.59. The molecule has 0 spiro atoms. The fraction of sp³-hybridized carbons (Fsp3) is 0.0769. The van der Waals surface area contributed by atoms with Gasteiger partial charge in [-0.2, -0.15) is 0 Å². The van der Waals surface area contributed by atoms with Gasteiger partial charge in [0.25, 0.3) is 0 Å². The molecule has 0 bridgehead atoms. The molecule has 17 heavy (non-hydrogen) atoms. The number of rotatable bonds is 1. The van der Waals surface area contributed by atoms with E-state index in [9.17, 15) is 0 Å². The molecule has 0 radical (unpaired) electrons. The standard InChI is InChI=1S/C13H12N4/c1-17-8-11(10-4-2-3-5-12(10)17)13-15-6-9(14)7-16-13/h2-8H,14H2,1H3. The number of para-hydroxylation sites is 1. The Morgan fingerprint density at radius 2 is 1.82 bits per heavy atom. The summed E-state index contributed by atoms with van der Waals surface area (Å²) in [5.41, 5.74) is 8.37. The van der Waals surface area contributed by atoms with Crippen molar-refractivity contribution in [2.24, 2.45) is 7.05 Å². The average molecular weight is 224 g/mol. The monoisotopic (exact) mass is 224 g/mol. The third-order valence-corrected chi connectivity index (χ3v) is 2.81. The van der Waals surface area contributed by atoms with Gasteiger partial charge in [0.15, 0.2) is 5.82 Å². The Balaban J connectivity index is 2.27. The molecule has 0 fully saturated rings. The van der Waals surface area contributed by atoms with Gasteiger partial charge >= 0.3 is 0 Å². The van der Waals surface area contributed by atoms with Crippen LogP contribution in [0.15, 0.2) is 42.9 Å². The van der Waals surface area contributed by atoms with Crippen molar-refractivity contribution in [2.75, 3.05) is 5.73 Å². The number of hydrogen-bond acceptors (Lipinski definition) is 3. The molecule has 0 aliphatic carbocycles. The van der Waals surface area contributed by atoms with Gasteiger partial charge in [-0.3, -0.25) is 0 Å². The molecule has 1 aromatic carbocycles. The first kappa shape index (κ1) is 9.84. The third kappa shape index (κ3) is 1.54. The number of aromatic nitrogens is 3. The molecular formula is C13H12N4. The molecule has 2 heterocycles. The number of fused-ring (bicyclic) bond motifs is 1. The van der Waals surface area contributed by atoms with Crippen molar-refractivity contribution in [1.29, 1.82) is 0 Å². The molecule has 0 aliphatic rings. The fourth-order valence-electron chi connectivity index (χ4n) is 2.00. The molecule has 0 atom stereocenters. The van der Waals surface area contributed by atoms with Crippen molar-refractivity contribution >= 4 is 16.6 Å². The maximum absolute atomic E-state index is 5.59. The SMILES string of the molecule is Cn1cc(-c2ncc(N)cn2)c2ccccc21. The molecule has 3 aromatic rings. The molecule has 0 saturated heterocycles. The van der Waals surface area contributed by atoms with Gasteiger partial charge < -0.3 is 10.3 Å². The minimum atomic E-state index is 0.578. The van der Waals surface area contributed by atoms with Crippen molar-refractivity contribution in [1.82, 2.24) is 14.5 Å². The van der Waals surface area contributed by atoms with E-state index in [0.29, 0.717) is 11.5 Å². The Bertz CT molecular complexity index is 667. The van der Waals surface area contributed by atoms with E-state index in [2.05, 4.69) is 26.7 Å². The van der Waals surface area contributed by atoms with E-state index in [1.807, 2.05) is 25.4 Å². The van der Waals surface area contributed by atoms with Crippen molar-refractivity contribution in [3.8, 4) is 11.4 Å². The molecule has 3 rings (SSSR count). The van der Waals surface area contributed by atoms with Crippen LogP contribution in [0.3, 0.4) is 0 Å². The van der Waals surface area contributed by atoms with Crippen LogP contribution in [-0.2, 0) is 7.05 Å². The number of nitrogens with zero attached hydrogens (tertiary/aromatic N) is 3. The van der Waals surface area contributed by atoms with Gasteiger partial charge in [0.1, 0.15) is 0 Å². The highest BCUT2D eigenvalue weighted by atomic mass is 14.9. The molecule has 2 N–H and O–H groups in total. The molecule has 0 amide bonds. The summed E-state index contributed by atoms with van der Waals surface area (Å²) in [5, 5.41) is 1.15. The zero-order valence-corrected chi connectivity index (χ0v) is 9.46. The van der Waals surface area contributed by atoms with Gasteiger partial charge in [0.2, 0.25) is 0 Å². The Morgan fingerprint density at radius 3 is 2.59 bits per heavy atom. The largest absolute Gasteiger partial charge is 0.396 e. The first-order chi connectivity index (χ1) is 8.25. The van der Waals surface area contributed by atoms with Gasteiger partial charge in [-0.25, -0.2) is 9.97 Å². The molecule has 4 heteroatoms. The second kappa shape index (κ2) is 3.59. The zero-order valence-electron chi connectivity index (χ0n) is 9.46. The van der Waals surface area contributed by atoms with Crippen molar-refractivity contribution in [3.05, 3.63) is 42.9 Å². The lowest BCUT2D eigenvalue weighted by Crippen LogP contribution is -1.91. The van der Waals surface area contributed by atoms with Crippen LogP contribution in [0.25, 0.3) is 22.3 Å². The van der Waals surface area contributed by atoms with Crippen LogP contribution in [0.4, 0.5) is 5.69 Å². The Kier molecular flexibility index (Phi) is 2.08. The molecule has 0 unspecified atom stereocenters. The summed E-state index contributed by atoms with van der Waals surface area (Å²) in [5.74, 6) is 0.705. The van der Waals surface area contributed by atoms with Crippen LogP contribution in [-0.4, -0.2) is 14.5 Å². The Labute approximate surface area is 98.7 Å². The van der Waals surface area contributed by atoms with Gasteiger partial charge in [-0.15, -0.1) is 0 Å². The highest BCUT2D eigenvalue weighted by molar-refractivity contribution is 5.94. The van der Waals surface area contributed by atoms with Gasteiger partial charge in [-0.1, -0.05) is 18.2 Å². The highest BCUT2D eigenvalue weighted by Gasteiger charge is 2.09. The first-order valence-corrected chi connectivity index (χ1v) is 5.37. The summed E-state index contributed by atoms with van der Waals surface area (Å²) >= 11 is 0. The van der Waals surface area contributed by atoms with Gasteiger partial charge in [-0.05, 0) is 6.07 Å². The Morgan fingerprint density at radius 1 is 1.12 bits per heavy atom. The quantitative estimate of drug-likeness (QED) is 0.689. The van der Waals surface area contributed by atoms with E-state index in [4.69, 9.17) is 5.73 Å². The Hall–Kier alpha value is -2.36. The number of anilines is 1. The van der Waals surface area contributed by atoms with Crippen LogP contribution < -0.4 is 5.73 Å². The molecule has 2 aromatic heterocycles. The number of hydrogen-bond donors (Lipinski definition) is 1. The normalized spacial score (nSPS) is 10.9. The fourth-order valence-corrected chi connectivity index (χ4v) is 2.00. The molecule has 0 aliphatic heterocycles. The smallest absolute Gasteiger partial charge is 0.161 e. The predicted octanol–water partition coefficient (Wildman–Crippen LogP) is 2.22. The summed E-state index contributed by atoms with van der Waals surface area (Å²) in [6.07, 6.45) is 5.30. The number of nitrogens with two attached hydrogens (primary N) is 1. The van der Waals surface area contributed by atoms with E-state index >= 15 is 0 Å². The zero-order chi connectivity index (χ0) is 11.8.